The van der Waals surface area contributed by atoms with Gasteiger partial charge >= 0.3 is 0 Å². The molecule has 1 aromatic rings. The first-order valence-electron chi connectivity index (χ1n) is 6.04. The summed E-state index contributed by atoms with van der Waals surface area (Å²) >= 11 is 3.49. The molecule has 2 rings (SSSR count). The lowest BCUT2D eigenvalue weighted by atomic mass is 10.0. The number of para-hydroxylation sites is 1. The highest BCUT2D eigenvalue weighted by Crippen LogP contribution is 2.37. The van der Waals surface area contributed by atoms with E-state index in [0.717, 1.165) is 22.2 Å². The van der Waals surface area contributed by atoms with Gasteiger partial charge in [-0.2, -0.15) is 0 Å². The Morgan fingerprint density at radius 1 is 1.61 bits per heavy atom. The molecule has 2 N–H and O–H groups in total. The molecule has 0 saturated carbocycles. The van der Waals surface area contributed by atoms with Gasteiger partial charge in [0, 0.05) is 31.7 Å². The lowest BCUT2D eigenvalue weighted by Crippen LogP contribution is -2.35. The number of ether oxygens (including phenoxy) is 2. The van der Waals surface area contributed by atoms with Crippen LogP contribution in [-0.4, -0.2) is 38.1 Å². The van der Waals surface area contributed by atoms with Gasteiger partial charge in [-0.3, -0.25) is 0 Å². The van der Waals surface area contributed by atoms with Gasteiger partial charge in [-0.1, -0.05) is 12.1 Å². The number of hydrogen-bond acceptors (Lipinski definition) is 4. The molecule has 2 atom stereocenters. The fraction of sp³-hybridized carbons (Fsp3) is 0.538. The monoisotopic (exact) mass is 315 g/mol. The van der Waals surface area contributed by atoms with Gasteiger partial charge in [-0.25, -0.2) is 0 Å². The van der Waals surface area contributed by atoms with Crippen LogP contribution >= 0.6 is 15.9 Å². The lowest BCUT2D eigenvalue weighted by Gasteiger charge is -2.28. The van der Waals surface area contributed by atoms with Crippen LogP contribution in [0.5, 0.6) is 5.75 Å². The molecular weight excluding hydrogens is 298 g/mol. The molecular formula is C13H18BrNO3. The van der Waals surface area contributed by atoms with Crippen LogP contribution in [0.25, 0.3) is 0 Å². The number of aliphatic hydroxyl groups is 1. The Bertz CT molecular complexity index is 400. The average Bonchev–Trinajstić information content (AvgIpc) is 2.37. The van der Waals surface area contributed by atoms with Crippen LogP contribution in [0.1, 0.15) is 18.0 Å². The van der Waals surface area contributed by atoms with Crippen LogP contribution in [0, 0.1) is 0 Å². The summed E-state index contributed by atoms with van der Waals surface area (Å²) in [4.78, 5) is 0. The number of aliphatic hydroxyl groups excluding tert-OH is 1. The highest BCUT2D eigenvalue weighted by Gasteiger charge is 2.23. The minimum Gasteiger partial charge on any atom is -0.492 e. The van der Waals surface area contributed by atoms with Crippen LogP contribution in [0.2, 0.25) is 0 Å². The average molecular weight is 316 g/mol. The van der Waals surface area contributed by atoms with Crippen molar-refractivity contribution < 1.29 is 14.6 Å². The van der Waals surface area contributed by atoms with E-state index in [1.165, 1.54) is 0 Å². The van der Waals surface area contributed by atoms with E-state index in [0.29, 0.717) is 19.8 Å². The van der Waals surface area contributed by atoms with Crippen molar-refractivity contribution in [2.75, 3.05) is 26.9 Å². The first-order valence-corrected chi connectivity index (χ1v) is 6.83. The molecule has 0 aromatic heterocycles. The Balaban J connectivity index is 2.02. The summed E-state index contributed by atoms with van der Waals surface area (Å²) in [6.07, 6.45) is 0.428. The highest BCUT2D eigenvalue weighted by molar-refractivity contribution is 9.10. The van der Waals surface area contributed by atoms with Crippen molar-refractivity contribution in [1.29, 1.82) is 0 Å². The molecule has 0 amide bonds. The van der Waals surface area contributed by atoms with Gasteiger partial charge in [0.05, 0.1) is 23.8 Å². The van der Waals surface area contributed by atoms with Gasteiger partial charge in [0.25, 0.3) is 0 Å². The lowest BCUT2D eigenvalue weighted by molar-refractivity contribution is 0.0614. The Labute approximate surface area is 115 Å². The highest BCUT2D eigenvalue weighted by atomic mass is 79.9. The molecule has 0 saturated heterocycles. The number of methoxy groups -OCH3 is 1. The van der Waals surface area contributed by atoms with E-state index in [9.17, 15) is 5.11 Å². The zero-order chi connectivity index (χ0) is 13.0. The topological polar surface area (TPSA) is 50.7 Å². The Hall–Kier alpha value is -0.620. The van der Waals surface area contributed by atoms with Gasteiger partial charge in [-0.15, -0.1) is 0 Å². The van der Waals surface area contributed by atoms with E-state index >= 15 is 0 Å². The minimum absolute atomic E-state index is 0.220. The molecule has 0 aliphatic carbocycles. The number of benzene rings is 1. The Morgan fingerprint density at radius 3 is 3.22 bits per heavy atom. The van der Waals surface area contributed by atoms with E-state index in [1.54, 1.807) is 7.11 Å². The molecule has 4 nitrogen and oxygen atoms in total. The van der Waals surface area contributed by atoms with Gasteiger partial charge < -0.3 is 19.9 Å². The fourth-order valence-corrected chi connectivity index (χ4v) is 2.62. The van der Waals surface area contributed by atoms with Crippen LogP contribution < -0.4 is 10.1 Å². The largest absolute Gasteiger partial charge is 0.492 e. The molecule has 0 unspecified atom stereocenters. The van der Waals surface area contributed by atoms with Gasteiger partial charge in [-0.05, 0) is 22.0 Å². The summed E-state index contributed by atoms with van der Waals surface area (Å²) in [7, 11) is 1.59. The molecule has 1 aliphatic heterocycles. The SMILES string of the molecule is COC[C@@H](O)CN[C@H]1CCOc2c(Br)cccc21. The number of rotatable bonds is 5. The Kier molecular flexibility index (Phi) is 5.00. The van der Waals surface area contributed by atoms with Crippen molar-refractivity contribution in [3.63, 3.8) is 0 Å². The third-order valence-corrected chi connectivity index (χ3v) is 3.61. The maximum absolute atomic E-state index is 9.65. The van der Waals surface area contributed by atoms with E-state index < -0.39 is 6.10 Å². The molecule has 1 heterocycles. The second kappa shape index (κ2) is 6.52. The summed E-state index contributed by atoms with van der Waals surface area (Å²) in [5.41, 5.74) is 1.14. The molecule has 0 radical (unpaired) electrons. The number of fused-ring (bicyclic) bond motifs is 1. The standard InChI is InChI=1S/C13H18BrNO3/c1-17-8-9(16)7-15-12-5-6-18-13-10(12)3-2-4-11(13)14/h2-4,9,12,15-16H,5-8H2,1H3/t9-,12-/m0/s1. The van der Waals surface area contributed by atoms with E-state index in [-0.39, 0.29) is 6.04 Å². The van der Waals surface area contributed by atoms with Crippen LogP contribution in [0.15, 0.2) is 22.7 Å². The van der Waals surface area contributed by atoms with E-state index in [4.69, 9.17) is 9.47 Å². The molecule has 100 valence electrons. The maximum atomic E-state index is 9.65. The zero-order valence-corrected chi connectivity index (χ0v) is 11.9. The Morgan fingerprint density at radius 2 is 2.44 bits per heavy atom. The van der Waals surface area contributed by atoms with Crippen LogP contribution in [-0.2, 0) is 4.74 Å². The third-order valence-electron chi connectivity index (χ3n) is 2.98. The quantitative estimate of drug-likeness (QED) is 0.871. The summed E-state index contributed by atoms with van der Waals surface area (Å²) in [6, 6.07) is 6.25. The van der Waals surface area contributed by atoms with Gasteiger partial charge in [0.15, 0.2) is 0 Å². The molecule has 18 heavy (non-hydrogen) atoms. The predicted octanol–water partition coefficient (Wildman–Crippen LogP) is 1.87. The van der Waals surface area contributed by atoms with Crippen molar-refractivity contribution >= 4 is 15.9 Å². The van der Waals surface area contributed by atoms with Crippen molar-refractivity contribution in [1.82, 2.24) is 5.32 Å². The van der Waals surface area contributed by atoms with E-state index in [1.807, 2.05) is 12.1 Å². The summed E-state index contributed by atoms with van der Waals surface area (Å²) in [5, 5.41) is 13.0. The van der Waals surface area contributed by atoms with Gasteiger partial charge in [0.2, 0.25) is 0 Å². The third kappa shape index (κ3) is 3.23. The molecule has 0 fully saturated rings. The normalized spacial score (nSPS) is 20.1. The van der Waals surface area contributed by atoms with Crippen molar-refractivity contribution in [2.45, 2.75) is 18.6 Å². The molecule has 5 heteroatoms. The van der Waals surface area contributed by atoms with Crippen molar-refractivity contribution in [3.05, 3.63) is 28.2 Å². The molecule has 0 spiro atoms. The van der Waals surface area contributed by atoms with Crippen molar-refractivity contribution in [2.24, 2.45) is 0 Å². The number of hydrogen-bond donors (Lipinski definition) is 2. The van der Waals surface area contributed by atoms with E-state index in [2.05, 4.69) is 27.3 Å². The molecule has 0 bridgehead atoms. The zero-order valence-electron chi connectivity index (χ0n) is 10.4. The molecule has 1 aliphatic rings. The van der Waals surface area contributed by atoms with Crippen LogP contribution in [0.3, 0.4) is 0 Å². The maximum Gasteiger partial charge on any atom is 0.138 e. The second-order valence-corrected chi connectivity index (χ2v) is 5.22. The fourth-order valence-electron chi connectivity index (χ4n) is 2.13. The second-order valence-electron chi connectivity index (χ2n) is 4.37. The first kappa shape index (κ1) is 13.8. The predicted molar refractivity (Wildman–Crippen MR) is 72.9 cm³/mol. The number of halogens is 1. The van der Waals surface area contributed by atoms with Gasteiger partial charge in [0.1, 0.15) is 5.75 Å². The first-order chi connectivity index (χ1) is 8.72. The summed E-state index contributed by atoms with van der Waals surface area (Å²) in [5.74, 6) is 0.905. The summed E-state index contributed by atoms with van der Waals surface area (Å²) < 4.78 is 11.6. The smallest absolute Gasteiger partial charge is 0.138 e. The molecule has 1 aromatic carbocycles. The summed E-state index contributed by atoms with van der Waals surface area (Å²) in [6.45, 7) is 1.56. The van der Waals surface area contributed by atoms with Crippen molar-refractivity contribution in [3.8, 4) is 5.75 Å². The number of nitrogens with one attached hydrogen (secondary N) is 1. The van der Waals surface area contributed by atoms with Crippen LogP contribution in [0.4, 0.5) is 0 Å². The minimum atomic E-state index is -0.478.